The highest BCUT2D eigenvalue weighted by Crippen LogP contribution is 2.22. The number of rotatable bonds is 4. The summed E-state index contributed by atoms with van der Waals surface area (Å²) < 4.78 is 0. The van der Waals surface area contributed by atoms with E-state index in [0.717, 1.165) is 36.2 Å². The number of halogens is 2. The Kier molecular flexibility index (Phi) is 6.04. The number of H-pyrrole nitrogens is 1. The first-order valence-corrected chi connectivity index (χ1v) is 7.90. The summed E-state index contributed by atoms with van der Waals surface area (Å²) in [5.41, 5.74) is 3.53. The van der Waals surface area contributed by atoms with E-state index < -0.39 is 0 Å². The van der Waals surface area contributed by atoms with Crippen molar-refractivity contribution in [2.24, 2.45) is 0 Å². The molecule has 7 heteroatoms. The van der Waals surface area contributed by atoms with Crippen LogP contribution in [0.25, 0.3) is 0 Å². The van der Waals surface area contributed by atoms with Crippen molar-refractivity contribution in [2.75, 3.05) is 6.54 Å². The Morgan fingerprint density at radius 3 is 3.04 bits per heavy atom. The molecule has 3 rings (SSSR count). The molecule has 1 aromatic carbocycles. The fourth-order valence-electron chi connectivity index (χ4n) is 2.78. The van der Waals surface area contributed by atoms with Gasteiger partial charge < -0.3 is 10.6 Å². The molecule has 1 amide bonds. The fraction of sp³-hybridized carbons (Fsp3) is 0.375. The molecule has 1 aliphatic rings. The average Bonchev–Trinajstić information content (AvgIpc) is 2.96. The molecule has 1 aliphatic heterocycles. The summed E-state index contributed by atoms with van der Waals surface area (Å²) in [6.45, 7) is 3.63. The number of aromatic amines is 1. The first kappa shape index (κ1) is 17.8. The minimum Gasteiger partial charge on any atom is -0.344 e. The molecule has 1 atom stereocenters. The Bertz CT molecular complexity index is 686. The van der Waals surface area contributed by atoms with E-state index in [9.17, 15) is 4.79 Å². The van der Waals surface area contributed by atoms with E-state index in [1.165, 1.54) is 0 Å². The zero-order chi connectivity index (χ0) is 15.5. The summed E-state index contributed by atoms with van der Waals surface area (Å²) in [7, 11) is 0. The Hall–Kier alpha value is -1.56. The van der Waals surface area contributed by atoms with Crippen LogP contribution in [-0.2, 0) is 13.0 Å². The molecule has 124 valence electrons. The predicted molar refractivity (Wildman–Crippen MR) is 93.2 cm³/mol. The number of nitrogens with one attached hydrogen (secondary N) is 3. The first-order chi connectivity index (χ1) is 10.7. The zero-order valence-electron chi connectivity index (χ0n) is 12.9. The molecule has 2 aromatic rings. The number of fused-ring (bicyclic) bond motifs is 1. The number of nitrogens with zero attached hydrogens (tertiary/aromatic N) is 1. The second kappa shape index (κ2) is 7.81. The zero-order valence-corrected chi connectivity index (χ0v) is 14.4. The standard InChI is InChI=1S/C16H19ClN4O.ClH/c1-2-13(10-4-3-5-11(17)8-10)19-16(22)15-12-9-18-7-6-14(12)20-21-15;/h3-5,8,13,18H,2,6-7,9H2,1H3,(H,19,22)(H,20,21);1H. The van der Waals surface area contributed by atoms with Crippen molar-refractivity contribution in [1.29, 1.82) is 0 Å². The van der Waals surface area contributed by atoms with E-state index in [1.54, 1.807) is 0 Å². The van der Waals surface area contributed by atoms with Gasteiger partial charge in [0.1, 0.15) is 0 Å². The molecule has 0 aliphatic carbocycles. The molecular formula is C16H20Cl2N4O. The van der Waals surface area contributed by atoms with Crippen molar-refractivity contribution < 1.29 is 4.79 Å². The molecular weight excluding hydrogens is 335 g/mol. The van der Waals surface area contributed by atoms with E-state index in [1.807, 2.05) is 31.2 Å². The van der Waals surface area contributed by atoms with Crippen molar-refractivity contribution in [3.05, 3.63) is 51.8 Å². The van der Waals surface area contributed by atoms with Gasteiger partial charge in [-0.2, -0.15) is 5.10 Å². The topological polar surface area (TPSA) is 69.8 Å². The van der Waals surface area contributed by atoms with Crippen LogP contribution in [0, 0.1) is 0 Å². The number of benzene rings is 1. The molecule has 1 aromatic heterocycles. The average molecular weight is 355 g/mol. The number of carbonyl (C=O) groups is 1. The SMILES string of the molecule is CCC(NC(=O)c1n[nH]c2c1CNCC2)c1cccc(Cl)c1.Cl. The van der Waals surface area contributed by atoms with E-state index in [4.69, 9.17) is 11.6 Å². The van der Waals surface area contributed by atoms with Gasteiger partial charge in [-0.1, -0.05) is 30.7 Å². The molecule has 0 spiro atoms. The molecule has 2 heterocycles. The molecule has 0 saturated heterocycles. The number of aromatic nitrogens is 2. The van der Waals surface area contributed by atoms with Crippen LogP contribution in [0.5, 0.6) is 0 Å². The van der Waals surface area contributed by atoms with Crippen molar-refractivity contribution >= 4 is 29.9 Å². The molecule has 5 nitrogen and oxygen atoms in total. The fourth-order valence-corrected chi connectivity index (χ4v) is 2.98. The lowest BCUT2D eigenvalue weighted by Gasteiger charge is -2.18. The molecule has 0 radical (unpaired) electrons. The van der Waals surface area contributed by atoms with Crippen LogP contribution < -0.4 is 10.6 Å². The molecule has 0 saturated carbocycles. The number of carbonyl (C=O) groups excluding carboxylic acids is 1. The van der Waals surface area contributed by atoms with E-state index >= 15 is 0 Å². The van der Waals surface area contributed by atoms with Crippen molar-refractivity contribution in [3.63, 3.8) is 0 Å². The van der Waals surface area contributed by atoms with Gasteiger partial charge in [0.15, 0.2) is 5.69 Å². The van der Waals surface area contributed by atoms with Gasteiger partial charge in [-0.25, -0.2) is 0 Å². The third kappa shape index (κ3) is 3.86. The monoisotopic (exact) mass is 354 g/mol. The van der Waals surface area contributed by atoms with Crippen LogP contribution >= 0.6 is 24.0 Å². The lowest BCUT2D eigenvalue weighted by Crippen LogP contribution is -2.31. The van der Waals surface area contributed by atoms with Crippen LogP contribution in [0.4, 0.5) is 0 Å². The van der Waals surface area contributed by atoms with Gasteiger partial charge in [-0.3, -0.25) is 9.89 Å². The molecule has 1 unspecified atom stereocenters. The third-order valence-corrected chi connectivity index (χ3v) is 4.22. The highest BCUT2D eigenvalue weighted by molar-refractivity contribution is 6.30. The summed E-state index contributed by atoms with van der Waals surface area (Å²) in [6.07, 6.45) is 1.66. The first-order valence-electron chi connectivity index (χ1n) is 7.52. The maximum absolute atomic E-state index is 12.6. The van der Waals surface area contributed by atoms with Crippen molar-refractivity contribution in [2.45, 2.75) is 32.4 Å². The minimum atomic E-state index is -0.145. The van der Waals surface area contributed by atoms with Crippen molar-refractivity contribution in [3.8, 4) is 0 Å². The van der Waals surface area contributed by atoms with Gasteiger partial charge in [0.05, 0.1) is 6.04 Å². The number of amides is 1. The van der Waals surface area contributed by atoms with Crippen LogP contribution in [0.1, 0.15) is 46.7 Å². The Balaban J connectivity index is 0.00000192. The smallest absolute Gasteiger partial charge is 0.272 e. The molecule has 0 fully saturated rings. The van der Waals surface area contributed by atoms with Crippen LogP contribution in [0.2, 0.25) is 5.02 Å². The summed E-state index contributed by atoms with van der Waals surface area (Å²) in [5.74, 6) is -0.145. The highest BCUT2D eigenvalue weighted by Gasteiger charge is 2.23. The quantitative estimate of drug-likeness (QED) is 0.790. The van der Waals surface area contributed by atoms with Crippen LogP contribution in [0.3, 0.4) is 0 Å². The van der Waals surface area contributed by atoms with E-state index in [0.29, 0.717) is 17.3 Å². The van der Waals surface area contributed by atoms with E-state index in [2.05, 4.69) is 20.8 Å². The lowest BCUT2D eigenvalue weighted by atomic mass is 10.0. The normalized spacial score (nSPS) is 14.5. The second-order valence-electron chi connectivity index (χ2n) is 5.45. The summed E-state index contributed by atoms with van der Waals surface area (Å²) >= 11 is 6.04. The summed E-state index contributed by atoms with van der Waals surface area (Å²) in [6, 6.07) is 7.51. The maximum Gasteiger partial charge on any atom is 0.272 e. The highest BCUT2D eigenvalue weighted by atomic mass is 35.5. The van der Waals surface area contributed by atoms with Gasteiger partial charge in [-0.05, 0) is 24.1 Å². The van der Waals surface area contributed by atoms with Gasteiger partial charge in [0.2, 0.25) is 0 Å². The second-order valence-corrected chi connectivity index (χ2v) is 5.88. The summed E-state index contributed by atoms with van der Waals surface area (Å²) in [4.78, 5) is 12.6. The third-order valence-electron chi connectivity index (χ3n) is 3.99. The Morgan fingerprint density at radius 2 is 2.30 bits per heavy atom. The van der Waals surface area contributed by atoms with Crippen LogP contribution in [-0.4, -0.2) is 22.6 Å². The maximum atomic E-state index is 12.6. The Morgan fingerprint density at radius 1 is 1.48 bits per heavy atom. The summed E-state index contributed by atoms with van der Waals surface area (Å²) in [5, 5.41) is 14.2. The van der Waals surface area contributed by atoms with E-state index in [-0.39, 0.29) is 24.4 Å². The van der Waals surface area contributed by atoms with Gasteiger partial charge >= 0.3 is 0 Å². The minimum absolute atomic E-state index is 0. The Labute approximate surface area is 146 Å². The van der Waals surface area contributed by atoms with Gasteiger partial charge in [0, 0.05) is 35.8 Å². The van der Waals surface area contributed by atoms with Gasteiger partial charge in [-0.15, -0.1) is 12.4 Å². The number of hydrogen-bond acceptors (Lipinski definition) is 3. The lowest BCUT2D eigenvalue weighted by molar-refractivity contribution is 0.0929. The molecule has 23 heavy (non-hydrogen) atoms. The van der Waals surface area contributed by atoms with Gasteiger partial charge in [0.25, 0.3) is 5.91 Å². The van der Waals surface area contributed by atoms with Crippen LogP contribution in [0.15, 0.2) is 24.3 Å². The molecule has 0 bridgehead atoms. The number of hydrogen-bond donors (Lipinski definition) is 3. The largest absolute Gasteiger partial charge is 0.344 e. The van der Waals surface area contributed by atoms with Crippen molar-refractivity contribution in [1.82, 2.24) is 20.8 Å². The predicted octanol–water partition coefficient (Wildman–Crippen LogP) is 3.01. The molecule has 3 N–H and O–H groups in total.